The molecule has 38 heavy (non-hydrogen) atoms. The van der Waals surface area contributed by atoms with E-state index in [2.05, 4.69) is 0 Å². The Morgan fingerprint density at radius 3 is 1.21 bits per heavy atom. The smallest absolute Gasteiger partial charge is 0.378 e. The minimum Gasteiger partial charge on any atom is -0.378 e. The van der Waals surface area contributed by atoms with Gasteiger partial charge in [-0.3, -0.25) is 20.2 Å². The molecule has 2 aliphatic heterocycles. The van der Waals surface area contributed by atoms with Gasteiger partial charge in [-0.15, -0.1) is 0 Å². The Morgan fingerprint density at radius 1 is 0.632 bits per heavy atom. The van der Waals surface area contributed by atoms with Crippen molar-refractivity contribution in [3.63, 3.8) is 0 Å². The second kappa shape index (κ2) is 11.8. The molecule has 0 unspecified atom stereocenters. The molecular formula is C22H22F6N4O6. The summed E-state index contributed by atoms with van der Waals surface area (Å²) >= 11 is 0. The standard InChI is InChI=1S/2C11H11F3N2O3/c2*12-11(13,14)8-1-2-9(10(7-8)16(17)18)15-3-5-19-6-4-15/h2*1-2,7H,3-6H2. The predicted octanol–water partition coefficient (Wildman–Crippen LogP) is 4.90. The molecule has 2 aromatic carbocycles. The van der Waals surface area contributed by atoms with E-state index in [-0.39, 0.29) is 11.4 Å². The van der Waals surface area contributed by atoms with Gasteiger partial charge < -0.3 is 19.3 Å². The number of nitrogens with zero attached hydrogens (tertiary/aromatic N) is 4. The van der Waals surface area contributed by atoms with Crippen LogP contribution in [0.1, 0.15) is 11.1 Å². The van der Waals surface area contributed by atoms with Crippen LogP contribution in [-0.4, -0.2) is 62.5 Å². The van der Waals surface area contributed by atoms with Crippen molar-refractivity contribution in [2.24, 2.45) is 0 Å². The zero-order valence-corrected chi connectivity index (χ0v) is 19.6. The second-order valence-corrected chi connectivity index (χ2v) is 8.12. The van der Waals surface area contributed by atoms with Crippen LogP contribution in [0.15, 0.2) is 36.4 Å². The average Bonchev–Trinajstić information content (AvgIpc) is 2.88. The first-order valence-corrected chi connectivity index (χ1v) is 11.2. The van der Waals surface area contributed by atoms with Crippen LogP contribution in [0.2, 0.25) is 0 Å². The quantitative estimate of drug-likeness (QED) is 0.299. The monoisotopic (exact) mass is 552 g/mol. The summed E-state index contributed by atoms with van der Waals surface area (Å²) in [5.41, 5.74) is -2.71. The molecule has 0 radical (unpaired) electrons. The summed E-state index contributed by atoms with van der Waals surface area (Å²) in [6.45, 7) is 3.30. The van der Waals surface area contributed by atoms with Crippen molar-refractivity contribution in [2.75, 3.05) is 62.4 Å². The van der Waals surface area contributed by atoms with Gasteiger partial charge in [-0.2, -0.15) is 26.3 Å². The lowest BCUT2D eigenvalue weighted by molar-refractivity contribution is -0.384. The molecule has 16 heteroatoms. The number of anilines is 2. The molecule has 2 aliphatic rings. The normalized spacial score (nSPS) is 16.5. The SMILES string of the molecule is O=[N+]([O-])c1cc(C(F)(F)F)ccc1N1CCOCC1.O=[N+]([O-])c1cc(C(F)(F)F)ccc1N1CCOCC1. The van der Waals surface area contributed by atoms with Gasteiger partial charge in [-0.25, -0.2) is 0 Å². The van der Waals surface area contributed by atoms with Crippen molar-refractivity contribution in [2.45, 2.75) is 12.4 Å². The second-order valence-electron chi connectivity index (χ2n) is 8.12. The fraction of sp³-hybridized carbons (Fsp3) is 0.455. The number of nitro groups is 2. The molecule has 208 valence electrons. The molecule has 0 spiro atoms. The molecule has 0 bridgehead atoms. The topological polar surface area (TPSA) is 111 Å². The van der Waals surface area contributed by atoms with Crippen LogP contribution in [0.4, 0.5) is 49.1 Å². The highest BCUT2D eigenvalue weighted by atomic mass is 19.4. The Morgan fingerprint density at radius 2 is 0.947 bits per heavy atom. The van der Waals surface area contributed by atoms with E-state index in [0.29, 0.717) is 64.7 Å². The zero-order chi connectivity index (χ0) is 28.1. The summed E-state index contributed by atoms with van der Waals surface area (Å²) in [5, 5.41) is 21.8. The molecule has 2 saturated heterocycles. The number of ether oxygens (including phenoxy) is 2. The third-order valence-electron chi connectivity index (χ3n) is 5.70. The van der Waals surface area contributed by atoms with Gasteiger partial charge >= 0.3 is 12.4 Å². The van der Waals surface area contributed by atoms with Gasteiger partial charge in [0.1, 0.15) is 11.4 Å². The van der Waals surface area contributed by atoms with Crippen LogP contribution in [0, 0.1) is 20.2 Å². The Bertz CT molecular complexity index is 1060. The minimum absolute atomic E-state index is 0.196. The lowest BCUT2D eigenvalue weighted by Gasteiger charge is -2.28. The molecule has 2 heterocycles. The van der Waals surface area contributed by atoms with Crippen LogP contribution >= 0.6 is 0 Å². The van der Waals surface area contributed by atoms with E-state index in [1.807, 2.05) is 0 Å². The Labute approximate surface area is 211 Å². The van der Waals surface area contributed by atoms with Gasteiger partial charge in [0.15, 0.2) is 0 Å². The highest BCUT2D eigenvalue weighted by molar-refractivity contribution is 5.65. The van der Waals surface area contributed by atoms with E-state index < -0.39 is 44.7 Å². The van der Waals surface area contributed by atoms with Crippen molar-refractivity contribution >= 4 is 22.7 Å². The van der Waals surface area contributed by atoms with E-state index >= 15 is 0 Å². The molecule has 2 aromatic rings. The fourth-order valence-electron chi connectivity index (χ4n) is 3.84. The molecule has 0 saturated carbocycles. The van der Waals surface area contributed by atoms with E-state index in [0.717, 1.165) is 24.3 Å². The first-order valence-electron chi connectivity index (χ1n) is 11.2. The van der Waals surface area contributed by atoms with Crippen molar-refractivity contribution in [3.8, 4) is 0 Å². The van der Waals surface area contributed by atoms with Gasteiger partial charge in [0.25, 0.3) is 11.4 Å². The van der Waals surface area contributed by atoms with Gasteiger partial charge in [0, 0.05) is 38.3 Å². The van der Waals surface area contributed by atoms with Crippen LogP contribution in [0.3, 0.4) is 0 Å². The van der Waals surface area contributed by atoms with Crippen molar-refractivity contribution in [1.29, 1.82) is 0 Å². The van der Waals surface area contributed by atoms with E-state index in [4.69, 9.17) is 9.47 Å². The van der Waals surface area contributed by atoms with Crippen molar-refractivity contribution in [1.82, 2.24) is 0 Å². The molecule has 0 atom stereocenters. The largest absolute Gasteiger partial charge is 0.416 e. The van der Waals surface area contributed by atoms with E-state index in [9.17, 15) is 46.6 Å². The number of nitro benzene ring substituents is 2. The Balaban J connectivity index is 0.000000211. The van der Waals surface area contributed by atoms with Gasteiger partial charge in [-0.05, 0) is 24.3 Å². The van der Waals surface area contributed by atoms with Gasteiger partial charge in [0.2, 0.25) is 0 Å². The van der Waals surface area contributed by atoms with Crippen LogP contribution < -0.4 is 9.80 Å². The first kappa shape index (κ1) is 28.9. The summed E-state index contributed by atoms with van der Waals surface area (Å²) < 4.78 is 85.5. The summed E-state index contributed by atoms with van der Waals surface area (Å²) in [4.78, 5) is 23.6. The van der Waals surface area contributed by atoms with Crippen LogP contribution in [0.25, 0.3) is 0 Å². The molecule has 0 aromatic heterocycles. The van der Waals surface area contributed by atoms with E-state index in [1.54, 1.807) is 9.80 Å². The average molecular weight is 552 g/mol. The predicted molar refractivity (Wildman–Crippen MR) is 122 cm³/mol. The zero-order valence-electron chi connectivity index (χ0n) is 19.6. The molecule has 4 rings (SSSR count). The molecule has 10 nitrogen and oxygen atoms in total. The van der Waals surface area contributed by atoms with E-state index in [1.165, 1.54) is 0 Å². The number of halogens is 6. The lowest BCUT2D eigenvalue weighted by atomic mass is 10.1. The molecular weight excluding hydrogens is 530 g/mol. The fourth-order valence-corrected chi connectivity index (χ4v) is 3.84. The summed E-state index contributed by atoms with van der Waals surface area (Å²) in [6.07, 6.45) is -9.18. The van der Waals surface area contributed by atoms with Gasteiger partial charge in [0.05, 0.1) is 47.4 Å². The van der Waals surface area contributed by atoms with Crippen LogP contribution in [-0.2, 0) is 21.8 Å². The number of benzene rings is 2. The third kappa shape index (κ3) is 7.22. The maximum atomic E-state index is 12.5. The number of hydrogen-bond donors (Lipinski definition) is 0. The number of alkyl halides is 6. The minimum atomic E-state index is -4.59. The molecule has 0 amide bonds. The first-order chi connectivity index (χ1) is 17.8. The maximum absolute atomic E-state index is 12.5. The molecule has 0 N–H and O–H groups in total. The number of rotatable bonds is 4. The number of morpholine rings is 2. The highest BCUT2D eigenvalue weighted by Crippen LogP contribution is 2.38. The van der Waals surface area contributed by atoms with Crippen molar-refractivity contribution < 1.29 is 45.7 Å². The summed E-state index contributed by atoms with van der Waals surface area (Å²) in [5.74, 6) is 0. The van der Waals surface area contributed by atoms with Crippen LogP contribution in [0.5, 0.6) is 0 Å². The van der Waals surface area contributed by atoms with Crippen molar-refractivity contribution in [3.05, 3.63) is 67.8 Å². The van der Waals surface area contributed by atoms with Gasteiger partial charge in [-0.1, -0.05) is 0 Å². The molecule has 0 aliphatic carbocycles. The Hall–Kier alpha value is -3.66. The maximum Gasteiger partial charge on any atom is 0.416 e. The summed E-state index contributed by atoms with van der Waals surface area (Å²) in [7, 11) is 0. The molecule has 2 fully saturated rings. The third-order valence-corrected chi connectivity index (χ3v) is 5.70. The summed E-state index contributed by atoms with van der Waals surface area (Å²) in [6, 6.07) is 5.16. The Kier molecular flexibility index (Phi) is 8.98. The number of hydrogen-bond acceptors (Lipinski definition) is 8. The highest BCUT2D eigenvalue weighted by Gasteiger charge is 2.35. The lowest BCUT2D eigenvalue weighted by Crippen LogP contribution is -2.36.